The molecule has 0 fully saturated rings. The van der Waals surface area contributed by atoms with E-state index in [0.29, 0.717) is 13.2 Å². The lowest BCUT2D eigenvalue weighted by Crippen LogP contribution is -2.20. The molecule has 4 heteroatoms. The molecule has 2 rings (SSSR count). The maximum Gasteiger partial charge on any atom is 0.119 e. The van der Waals surface area contributed by atoms with Gasteiger partial charge in [-0.1, -0.05) is 34.1 Å². The lowest BCUT2D eigenvalue weighted by molar-refractivity contribution is 0.339. The Hall–Kier alpha value is -1.52. The molecule has 0 aromatic heterocycles. The van der Waals surface area contributed by atoms with Crippen LogP contribution in [-0.2, 0) is 0 Å². The molecule has 0 saturated heterocycles. The average Bonchev–Trinajstić information content (AvgIpc) is 2.45. The number of rotatable bonds is 6. The molecule has 0 aliphatic rings. The third-order valence-electron chi connectivity index (χ3n) is 2.97. The van der Waals surface area contributed by atoms with Crippen molar-refractivity contribution < 1.29 is 4.74 Å². The number of benzene rings is 2. The average molecular weight is 335 g/mol. The number of hydrogen-bond acceptors (Lipinski definition) is 3. The molecule has 3 N–H and O–H groups in total. The zero-order chi connectivity index (χ0) is 14.4. The van der Waals surface area contributed by atoms with E-state index in [1.165, 1.54) is 0 Å². The first-order valence-corrected chi connectivity index (χ1v) is 7.47. The molecule has 3 nitrogen and oxygen atoms in total. The van der Waals surface area contributed by atoms with E-state index in [4.69, 9.17) is 10.5 Å². The summed E-state index contributed by atoms with van der Waals surface area (Å²) >= 11 is 3.47. The van der Waals surface area contributed by atoms with E-state index >= 15 is 0 Å². The Kier molecular flexibility index (Phi) is 5.44. The molecule has 0 radical (unpaired) electrons. The molecule has 2 aromatic carbocycles. The van der Waals surface area contributed by atoms with Crippen LogP contribution in [0.5, 0.6) is 5.75 Å². The van der Waals surface area contributed by atoms with Crippen molar-refractivity contribution in [3.05, 3.63) is 58.6 Å². The summed E-state index contributed by atoms with van der Waals surface area (Å²) in [6, 6.07) is 16.2. The molecule has 20 heavy (non-hydrogen) atoms. The minimum Gasteiger partial charge on any atom is -0.494 e. The van der Waals surface area contributed by atoms with Gasteiger partial charge in [-0.3, -0.25) is 0 Å². The molecule has 1 atom stereocenters. The van der Waals surface area contributed by atoms with Gasteiger partial charge in [0.05, 0.1) is 12.6 Å². The maximum absolute atomic E-state index is 5.90. The number of halogens is 1. The third-order valence-corrected chi connectivity index (χ3v) is 3.47. The minimum absolute atomic E-state index is 0.0599. The van der Waals surface area contributed by atoms with Crippen molar-refractivity contribution >= 4 is 21.6 Å². The molecule has 2 aromatic rings. The van der Waals surface area contributed by atoms with Crippen LogP contribution in [0.4, 0.5) is 5.69 Å². The Bertz CT molecular complexity index is 560. The monoisotopic (exact) mass is 334 g/mol. The van der Waals surface area contributed by atoms with Gasteiger partial charge in [0.2, 0.25) is 0 Å². The van der Waals surface area contributed by atoms with E-state index < -0.39 is 0 Å². The number of nitrogens with one attached hydrogen (secondary N) is 1. The summed E-state index contributed by atoms with van der Waals surface area (Å²) in [4.78, 5) is 0. The number of anilines is 1. The molecular weight excluding hydrogens is 316 g/mol. The highest BCUT2D eigenvalue weighted by molar-refractivity contribution is 9.10. The highest BCUT2D eigenvalue weighted by Crippen LogP contribution is 2.24. The van der Waals surface area contributed by atoms with Gasteiger partial charge in [-0.15, -0.1) is 0 Å². The van der Waals surface area contributed by atoms with E-state index in [1.807, 2.05) is 49.4 Å². The van der Waals surface area contributed by atoms with Gasteiger partial charge in [0.1, 0.15) is 5.75 Å². The first-order chi connectivity index (χ1) is 9.72. The van der Waals surface area contributed by atoms with E-state index in [1.54, 1.807) is 0 Å². The molecule has 0 amide bonds. The number of ether oxygens (including phenoxy) is 1. The zero-order valence-electron chi connectivity index (χ0n) is 11.5. The highest BCUT2D eigenvalue weighted by Gasteiger charge is 2.10. The van der Waals surface area contributed by atoms with Gasteiger partial charge in [-0.05, 0) is 42.8 Å². The Morgan fingerprint density at radius 2 is 2.00 bits per heavy atom. The lowest BCUT2D eigenvalue weighted by atomic mass is 10.1. The van der Waals surface area contributed by atoms with Gasteiger partial charge in [0, 0.05) is 16.7 Å². The second kappa shape index (κ2) is 7.31. The fourth-order valence-electron chi connectivity index (χ4n) is 2.05. The Morgan fingerprint density at radius 3 is 2.70 bits per heavy atom. The fraction of sp³-hybridized carbons (Fsp3) is 0.250. The summed E-state index contributed by atoms with van der Waals surface area (Å²) in [5.41, 5.74) is 8.06. The predicted molar refractivity (Wildman–Crippen MR) is 87.2 cm³/mol. The van der Waals surface area contributed by atoms with Gasteiger partial charge in [0.15, 0.2) is 0 Å². The van der Waals surface area contributed by atoms with Gasteiger partial charge in [-0.25, -0.2) is 0 Å². The van der Waals surface area contributed by atoms with E-state index in [9.17, 15) is 0 Å². The summed E-state index contributed by atoms with van der Waals surface area (Å²) in [7, 11) is 0. The first-order valence-electron chi connectivity index (χ1n) is 6.68. The van der Waals surface area contributed by atoms with Crippen molar-refractivity contribution in [3.63, 3.8) is 0 Å². The molecule has 0 bridgehead atoms. The predicted octanol–water partition coefficient (Wildman–Crippen LogP) is 3.96. The van der Waals surface area contributed by atoms with Gasteiger partial charge >= 0.3 is 0 Å². The van der Waals surface area contributed by atoms with E-state index in [-0.39, 0.29) is 6.04 Å². The highest BCUT2D eigenvalue weighted by atomic mass is 79.9. The number of nitrogens with two attached hydrogens (primary N) is 1. The van der Waals surface area contributed by atoms with Crippen LogP contribution in [0.3, 0.4) is 0 Å². The second-order valence-corrected chi connectivity index (χ2v) is 5.36. The van der Waals surface area contributed by atoms with Crippen molar-refractivity contribution in [2.45, 2.75) is 13.0 Å². The van der Waals surface area contributed by atoms with E-state index in [0.717, 1.165) is 21.5 Å². The Balaban J connectivity index is 2.17. The van der Waals surface area contributed by atoms with Gasteiger partial charge < -0.3 is 15.8 Å². The van der Waals surface area contributed by atoms with Crippen LogP contribution in [0.1, 0.15) is 18.5 Å². The van der Waals surface area contributed by atoms with Crippen LogP contribution in [0.2, 0.25) is 0 Å². The minimum atomic E-state index is 0.0599. The normalized spacial score (nSPS) is 11.9. The molecule has 106 valence electrons. The molecule has 0 aliphatic heterocycles. The van der Waals surface area contributed by atoms with Crippen molar-refractivity contribution in [3.8, 4) is 5.75 Å². The van der Waals surface area contributed by atoms with Crippen LogP contribution in [0.15, 0.2) is 53.0 Å². The zero-order valence-corrected chi connectivity index (χ0v) is 13.1. The maximum atomic E-state index is 5.90. The van der Waals surface area contributed by atoms with Crippen LogP contribution in [0, 0.1) is 0 Å². The summed E-state index contributed by atoms with van der Waals surface area (Å²) < 4.78 is 6.58. The Morgan fingerprint density at radius 1 is 1.20 bits per heavy atom. The van der Waals surface area contributed by atoms with Gasteiger partial charge in [0.25, 0.3) is 0 Å². The summed E-state index contributed by atoms with van der Waals surface area (Å²) in [6.07, 6.45) is 0. The van der Waals surface area contributed by atoms with Crippen molar-refractivity contribution in [2.24, 2.45) is 5.73 Å². The van der Waals surface area contributed by atoms with Crippen LogP contribution < -0.4 is 15.8 Å². The van der Waals surface area contributed by atoms with E-state index in [2.05, 4.69) is 27.3 Å². The number of hydrogen-bond donors (Lipinski definition) is 2. The molecule has 1 unspecified atom stereocenters. The summed E-state index contributed by atoms with van der Waals surface area (Å²) in [5.74, 6) is 0.875. The summed E-state index contributed by atoms with van der Waals surface area (Å²) in [5, 5.41) is 3.44. The smallest absolute Gasteiger partial charge is 0.119 e. The molecule has 0 aliphatic carbocycles. The fourth-order valence-corrected chi connectivity index (χ4v) is 2.44. The van der Waals surface area contributed by atoms with Crippen LogP contribution in [0.25, 0.3) is 0 Å². The SMILES string of the molecule is CCOc1cccc(C(CN)Nc2cccc(Br)c2)c1. The molecule has 0 heterocycles. The van der Waals surface area contributed by atoms with Crippen LogP contribution in [-0.4, -0.2) is 13.2 Å². The molecule has 0 spiro atoms. The molecule has 0 saturated carbocycles. The topological polar surface area (TPSA) is 47.3 Å². The van der Waals surface area contributed by atoms with Gasteiger partial charge in [-0.2, -0.15) is 0 Å². The Labute approximate surface area is 128 Å². The third kappa shape index (κ3) is 3.99. The van der Waals surface area contributed by atoms with Crippen molar-refractivity contribution in [2.75, 3.05) is 18.5 Å². The quantitative estimate of drug-likeness (QED) is 0.840. The van der Waals surface area contributed by atoms with Crippen molar-refractivity contribution in [1.82, 2.24) is 0 Å². The largest absolute Gasteiger partial charge is 0.494 e. The second-order valence-electron chi connectivity index (χ2n) is 4.45. The van der Waals surface area contributed by atoms with Crippen LogP contribution >= 0.6 is 15.9 Å². The lowest BCUT2D eigenvalue weighted by Gasteiger charge is -2.19. The first kappa shape index (κ1) is 14.9. The standard InChI is InChI=1S/C16H19BrN2O/c1-2-20-15-8-3-5-12(9-15)16(11-18)19-14-7-4-6-13(17)10-14/h3-10,16,19H,2,11,18H2,1H3. The van der Waals surface area contributed by atoms with Crippen molar-refractivity contribution in [1.29, 1.82) is 0 Å². The molecular formula is C16H19BrN2O. The summed E-state index contributed by atoms with van der Waals surface area (Å²) in [6.45, 7) is 3.16.